The molecule has 38 heavy (non-hydrogen) atoms. The number of esters is 2. The second-order valence-corrected chi connectivity index (χ2v) is 11.0. The highest BCUT2D eigenvalue weighted by molar-refractivity contribution is 7.47. The van der Waals surface area contributed by atoms with Crippen molar-refractivity contribution in [3.8, 4) is 0 Å². The topological polar surface area (TPSA) is 172 Å². The van der Waals surface area contributed by atoms with Gasteiger partial charge in [-0.15, -0.1) is 0 Å². The summed E-state index contributed by atoms with van der Waals surface area (Å²) in [5.41, 5.74) is 5.26. The molecule has 12 heteroatoms. The monoisotopic (exact) mass is 567 g/mol. The first-order valence-electron chi connectivity index (χ1n) is 14.1. The molecule has 0 fully saturated rings. The van der Waals surface area contributed by atoms with Crippen LogP contribution in [-0.2, 0) is 37.5 Å². The van der Waals surface area contributed by atoms with Crippen molar-refractivity contribution in [2.45, 2.75) is 129 Å². The fourth-order valence-corrected chi connectivity index (χ4v) is 4.31. The van der Waals surface area contributed by atoms with E-state index < -0.39 is 51.1 Å². The Labute approximate surface area is 227 Å². The highest BCUT2D eigenvalue weighted by atomic mass is 31.2. The molecule has 0 rings (SSSR count). The predicted molar refractivity (Wildman–Crippen MR) is 143 cm³/mol. The van der Waals surface area contributed by atoms with E-state index in [1.807, 2.05) is 0 Å². The minimum Gasteiger partial charge on any atom is -0.480 e. The number of nitrogens with two attached hydrogens (primary N) is 1. The average Bonchev–Trinajstić information content (AvgIpc) is 2.87. The third-order valence-corrected chi connectivity index (χ3v) is 6.81. The lowest BCUT2D eigenvalue weighted by atomic mass is 10.1. The number of carboxylic acid groups (broad SMARTS) is 1. The Morgan fingerprint density at radius 3 is 1.66 bits per heavy atom. The van der Waals surface area contributed by atoms with Gasteiger partial charge in [-0.2, -0.15) is 0 Å². The molecule has 3 atom stereocenters. The Bertz CT molecular complexity index is 691. The zero-order valence-corrected chi connectivity index (χ0v) is 24.2. The number of phosphoric acid groups is 1. The number of carboxylic acids is 1. The summed E-state index contributed by atoms with van der Waals surface area (Å²) in [6.07, 6.45) is 13.8. The predicted octanol–water partition coefficient (Wildman–Crippen LogP) is 5.27. The average molecular weight is 568 g/mol. The summed E-state index contributed by atoms with van der Waals surface area (Å²) < 4.78 is 32.1. The lowest BCUT2D eigenvalue weighted by Crippen LogP contribution is -2.34. The van der Waals surface area contributed by atoms with Gasteiger partial charge in [0.1, 0.15) is 12.6 Å². The van der Waals surface area contributed by atoms with Gasteiger partial charge in [0, 0.05) is 12.8 Å². The van der Waals surface area contributed by atoms with Gasteiger partial charge in [-0.3, -0.25) is 23.4 Å². The van der Waals surface area contributed by atoms with Gasteiger partial charge in [0.15, 0.2) is 6.10 Å². The quantitative estimate of drug-likeness (QED) is 0.0706. The molecule has 0 aliphatic rings. The third-order valence-electron chi connectivity index (χ3n) is 5.86. The van der Waals surface area contributed by atoms with Gasteiger partial charge in [0.2, 0.25) is 0 Å². The molecule has 0 aliphatic carbocycles. The van der Waals surface area contributed by atoms with Gasteiger partial charge in [0.05, 0.1) is 13.2 Å². The summed E-state index contributed by atoms with van der Waals surface area (Å²) in [6.45, 7) is 2.63. The second kappa shape index (κ2) is 23.4. The van der Waals surface area contributed by atoms with Crippen molar-refractivity contribution in [2.24, 2.45) is 5.73 Å². The summed E-state index contributed by atoms with van der Waals surface area (Å²) in [5.74, 6) is -2.39. The molecule has 0 spiro atoms. The van der Waals surface area contributed by atoms with Crippen LogP contribution in [0.4, 0.5) is 0 Å². The Hall–Kier alpha value is -1.52. The fourth-order valence-electron chi connectivity index (χ4n) is 3.53. The summed E-state index contributed by atoms with van der Waals surface area (Å²) in [7, 11) is -4.68. The first kappa shape index (κ1) is 36.5. The highest BCUT2D eigenvalue weighted by Gasteiger charge is 2.28. The third kappa shape index (κ3) is 22.5. The number of ether oxygens (including phenoxy) is 2. The van der Waals surface area contributed by atoms with E-state index >= 15 is 0 Å². The molecule has 0 heterocycles. The normalized spacial score (nSPS) is 14.4. The van der Waals surface area contributed by atoms with Gasteiger partial charge in [-0.25, -0.2) is 4.57 Å². The van der Waals surface area contributed by atoms with Gasteiger partial charge < -0.3 is 25.2 Å². The van der Waals surface area contributed by atoms with Crippen LogP contribution in [0.25, 0.3) is 0 Å². The lowest BCUT2D eigenvalue weighted by molar-refractivity contribution is -0.161. The van der Waals surface area contributed by atoms with E-state index in [1.165, 1.54) is 32.1 Å². The van der Waals surface area contributed by atoms with E-state index in [4.69, 9.17) is 24.8 Å². The van der Waals surface area contributed by atoms with Crippen molar-refractivity contribution >= 4 is 25.7 Å². The molecule has 0 radical (unpaired) electrons. The van der Waals surface area contributed by atoms with Crippen LogP contribution in [0.2, 0.25) is 0 Å². The fraction of sp³-hybridized carbons (Fsp3) is 0.885. The van der Waals surface area contributed by atoms with Crippen molar-refractivity contribution in [3.05, 3.63) is 0 Å². The molecule has 11 nitrogen and oxygen atoms in total. The number of rotatable bonds is 26. The number of hydrogen-bond donors (Lipinski definition) is 3. The Kier molecular flexibility index (Phi) is 22.4. The minimum absolute atomic E-state index is 0.164. The molecule has 0 bridgehead atoms. The SMILES string of the molecule is CCCCCCCCCC(=O)OC[C@H](COP(=O)(O)OC[C@H](N)C(=O)O)OC(=O)CCCCCCCCC. The van der Waals surface area contributed by atoms with Crippen LogP contribution >= 0.6 is 7.82 Å². The van der Waals surface area contributed by atoms with Crippen LogP contribution in [0, 0.1) is 0 Å². The number of carbonyl (C=O) groups is 3. The van der Waals surface area contributed by atoms with Gasteiger partial charge >= 0.3 is 25.7 Å². The van der Waals surface area contributed by atoms with Crippen LogP contribution in [0.5, 0.6) is 0 Å². The summed E-state index contributed by atoms with van der Waals surface area (Å²) >= 11 is 0. The maximum atomic E-state index is 12.3. The van der Waals surface area contributed by atoms with E-state index in [2.05, 4.69) is 18.4 Å². The molecular weight excluding hydrogens is 517 g/mol. The Morgan fingerprint density at radius 2 is 1.16 bits per heavy atom. The Balaban J connectivity index is 4.61. The smallest absolute Gasteiger partial charge is 0.472 e. The number of phosphoric ester groups is 1. The van der Waals surface area contributed by atoms with Gasteiger partial charge in [0.25, 0.3) is 0 Å². The van der Waals surface area contributed by atoms with Crippen LogP contribution < -0.4 is 5.73 Å². The second-order valence-electron chi connectivity index (χ2n) is 9.54. The number of unbranched alkanes of at least 4 members (excludes halogenated alkanes) is 12. The molecule has 0 aromatic carbocycles. The van der Waals surface area contributed by atoms with Crippen molar-refractivity contribution in [1.29, 1.82) is 0 Å². The summed E-state index contributed by atoms with van der Waals surface area (Å²) in [5, 5.41) is 8.76. The lowest BCUT2D eigenvalue weighted by Gasteiger charge is -2.20. The van der Waals surface area contributed by atoms with E-state index in [1.54, 1.807) is 0 Å². The molecule has 0 saturated carbocycles. The van der Waals surface area contributed by atoms with Gasteiger partial charge in [-0.1, -0.05) is 90.9 Å². The molecule has 0 aliphatic heterocycles. The van der Waals surface area contributed by atoms with E-state index in [9.17, 15) is 23.8 Å². The van der Waals surface area contributed by atoms with Crippen LogP contribution in [0.15, 0.2) is 0 Å². The standard InChI is InChI=1S/C26H50NO10P/c1-3-5-7-9-11-13-15-17-24(28)34-19-22(20-35-38(32,33)36-21-23(27)26(30)31)37-25(29)18-16-14-12-10-8-6-4-2/h22-23H,3-21,27H2,1-2H3,(H,30,31)(H,32,33)/t22-,23+/m1/s1. The van der Waals surface area contributed by atoms with Crippen LogP contribution in [-0.4, -0.2) is 59.9 Å². The molecule has 224 valence electrons. The number of hydrogen-bond acceptors (Lipinski definition) is 9. The first-order chi connectivity index (χ1) is 18.1. The largest absolute Gasteiger partial charge is 0.480 e. The zero-order valence-electron chi connectivity index (χ0n) is 23.3. The first-order valence-corrected chi connectivity index (χ1v) is 15.6. The van der Waals surface area contributed by atoms with Crippen LogP contribution in [0.1, 0.15) is 117 Å². The van der Waals surface area contributed by atoms with E-state index in [0.29, 0.717) is 12.8 Å². The number of aliphatic carboxylic acids is 1. The van der Waals surface area contributed by atoms with Crippen molar-refractivity contribution in [2.75, 3.05) is 19.8 Å². The molecule has 4 N–H and O–H groups in total. The van der Waals surface area contributed by atoms with E-state index in [-0.39, 0.29) is 19.4 Å². The summed E-state index contributed by atoms with van der Waals surface area (Å²) in [4.78, 5) is 45.0. The number of carbonyl (C=O) groups excluding carboxylic acids is 2. The molecule has 0 amide bonds. The zero-order chi connectivity index (χ0) is 28.7. The van der Waals surface area contributed by atoms with Gasteiger partial charge in [-0.05, 0) is 12.8 Å². The van der Waals surface area contributed by atoms with Crippen molar-refractivity contribution in [3.63, 3.8) is 0 Å². The van der Waals surface area contributed by atoms with Crippen LogP contribution in [0.3, 0.4) is 0 Å². The minimum atomic E-state index is -4.68. The molecule has 1 unspecified atom stereocenters. The molecule has 0 aromatic heterocycles. The highest BCUT2D eigenvalue weighted by Crippen LogP contribution is 2.43. The maximum absolute atomic E-state index is 12.3. The molecule has 0 aromatic rings. The molecule has 0 saturated heterocycles. The maximum Gasteiger partial charge on any atom is 0.472 e. The summed E-state index contributed by atoms with van der Waals surface area (Å²) in [6, 6.07) is -1.51. The Morgan fingerprint density at radius 1 is 0.711 bits per heavy atom. The van der Waals surface area contributed by atoms with E-state index in [0.717, 1.165) is 44.9 Å². The van der Waals surface area contributed by atoms with Crippen molar-refractivity contribution in [1.82, 2.24) is 0 Å². The molecular formula is C26H50NO10P. The van der Waals surface area contributed by atoms with Crippen molar-refractivity contribution < 1.29 is 47.5 Å².